The van der Waals surface area contributed by atoms with Crippen LogP contribution in [-0.2, 0) is 9.53 Å². The number of aromatic amines is 1. The number of carbonyl (C=O) groups excluding carboxylic acids is 1. The first kappa shape index (κ1) is 25.7. The van der Waals surface area contributed by atoms with Crippen LogP contribution >= 0.6 is 0 Å². The Morgan fingerprint density at radius 1 is 1.31 bits per heavy atom. The van der Waals surface area contributed by atoms with Crippen LogP contribution in [-0.4, -0.2) is 51.7 Å². The molecule has 35 heavy (non-hydrogen) atoms. The van der Waals surface area contributed by atoms with Gasteiger partial charge in [-0.2, -0.15) is 0 Å². The Labute approximate surface area is 210 Å². The van der Waals surface area contributed by atoms with Gasteiger partial charge in [-0.25, -0.2) is 4.98 Å². The van der Waals surface area contributed by atoms with Gasteiger partial charge in [0.1, 0.15) is 18.2 Å². The number of carbonyl (C=O) groups is 1. The van der Waals surface area contributed by atoms with Crippen molar-refractivity contribution in [2.45, 2.75) is 104 Å². The van der Waals surface area contributed by atoms with E-state index in [9.17, 15) is 4.79 Å². The topological polar surface area (TPSA) is 85.6 Å². The van der Waals surface area contributed by atoms with Crippen molar-refractivity contribution in [1.29, 1.82) is 0 Å². The minimum atomic E-state index is -0.127. The van der Waals surface area contributed by atoms with Crippen molar-refractivity contribution < 1.29 is 9.53 Å². The minimum absolute atomic E-state index is 0.0000367. The number of aromatic nitrogens is 2. The fraction of sp³-hybridized carbons (Fsp3) is 0.643. The third-order valence-corrected chi connectivity index (χ3v) is 7.27. The van der Waals surface area contributed by atoms with Crippen molar-refractivity contribution in [2.24, 2.45) is 5.41 Å². The number of imidazole rings is 1. The molecule has 0 bridgehead atoms. The summed E-state index contributed by atoms with van der Waals surface area (Å²) in [7, 11) is 0. The van der Waals surface area contributed by atoms with Gasteiger partial charge in [0, 0.05) is 31.1 Å². The van der Waals surface area contributed by atoms with Gasteiger partial charge in [-0.15, -0.1) is 0 Å². The highest BCUT2D eigenvalue weighted by molar-refractivity contribution is 5.76. The van der Waals surface area contributed by atoms with Crippen molar-refractivity contribution in [3.8, 4) is 0 Å². The first-order chi connectivity index (χ1) is 16.6. The van der Waals surface area contributed by atoms with Gasteiger partial charge in [0.05, 0.1) is 23.1 Å². The number of benzene rings is 1. The molecule has 7 heteroatoms. The number of para-hydroxylation sites is 2. The second-order valence-electron chi connectivity index (χ2n) is 11.6. The summed E-state index contributed by atoms with van der Waals surface area (Å²) in [4.78, 5) is 23.4. The summed E-state index contributed by atoms with van der Waals surface area (Å²) in [6.45, 7) is 16.3. The van der Waals surface area contributed by atoms with Crippen LogP contribution in [0.1, 0.15) is 85.0 Å². The number of H-pyrrole nitrogens is 1. The monoisotopic (exact) mass is 481 g/mol. The number of epoxide rings is 1. The number of likely N-dealkylation sites (tertiary alicyclic amines) is 1. The Kier molecular flexibility index (Phi) is 7.86. The maximum Gasteiger partial charge on any atom is 0.220 e. The maximum atomic E-state index is 12.9. The van der Waals surface area contributed by atoms with Crippen molar-refractivity contribution in [3.05, 3.63) is 42.4 Å². The Bertz CT molecular complexity index is 993. The summed E-state index contributed by atoms with van der Waals surface area (Å²) in [5, 5.41) is 6.83. The van der Waals surface area contributed by atoms with E-state index in [2.05, 4.69) is 61.7 Å². The Balaban J connectivity index is 1.39. The number of fused-ring (bicyclic) bond motifs is 1. The molecule has 1 aromatic heterocycles. The molecule has 3 N–H and O–H groups in total. The van der Waals surface area contributed by atoms with Gasteiger partial charge < -0.3 is 19.9 Å². The standard InChI is InChI=1S/C28H43N5O2/c1-18-11-9-10-16-33(18)19(2)17-23(30-24(34)14-15-28(4,5)6)25-27(35-25)29-20(3)26-31-21-12-7-8-13-22(21)32-26/h7-8,12-13,18,20,23,25,27,29H,2,9-11,14-17H2,1,3-6H3,(H,30,34)(H,31,32)/t18-,20+,23-,25?,27?/m0/s1. The van der Waals surface area contributed by atoms with E-state index >= 15 is 0 Å². The molecule has 0 spiro atoms. The lowest BCUT2D eigenvalue weighted by atomic mass is 9.90. The quantitative estimate of drug-likeness (QED) is 0.415. The molecular weight excluding hydrogens is 438 g/mol. The van der Waals surface area contributed by atoms with Gasteiger partial charge in [-0.3, -0.25) is 10.1 Å². The van der Waals surface area contributed by atoms with Crippen molar-refractivity contribution in [2.75, 3.05) is 6.54 Å². The van der Waals surface area contributed by atoms with E-state index in [-0.39, 0.29) is 35.7 Å². The van der Waals surface area contributed by atoms with Crippen LogP contribution in [0.5, 0.6) is 0 Å². The van der Waals surface area contributed by atoms with E-state index in [1.54, 1.807) is 0 Å². The number of rotatable bonds is 10. The van der Waals surface area contributed by atoms with E-state index in [0.717, 1.165) is 35.5 Å². The van der Waals surface area contributed by atoms with E-state index in [4.69, 9.17) is 9.72 Å². The zero-order valence-corrected chi connectivity index (χ0v) is 22.1. The largest absolute Gasteiger partial charge is 0.373 e. The second-order valence-corrected chi connectivity index (χ2v) is 11.6. The number of nitrogens with one attached hydrogen (secondary N) is 3. The molecule has 1 aromatic carbocycles. The Hall–Kier alpha value is -2.38. The number of nitrogens with zero attached hydrogens (tertiary/aromatic N) is 2. The molecule has 2 saturated heterocycles. The molecule has 3 heterocycles. The maximum absolute atomic E-state index is 12.9. The van der Waals surface area contributed by atoms with Crippen molar-refractivity contribution >= 4 is 16.9 Å². The number of hydrogen-bond acceptors (Lipinski definition) is 5. The molecule has 0 aliphatic carbocycles. The van der Waals surface area contributed by atoms with Crippen LogP contribution < -0.4 is 10.6 Å². The molecule has 1 amide bonds. The SMILES string of the molecule is C=C(C[C@H](NC(=O)CCC(C)(C)C)C1OC1N[C@H](C)c1nc2ccccc2[nH]1)N1CCCC[C@@H]1C. The van der Waals surface area contributed by atoms with Crippen LogP contribution in [0.3, 0.4) is 0 Å². The van der Waals surface area contributed by atoms with Gasteiger partial charge in [0.25, 0.3) is 0 Å². The molecule has 2 aliphatic rings. The molecule has 0 saturated carbocycles. The van der Waals surface area contributed by atoms with Gasteiger partial charge in [0.2, 0.25) is 5.91 Å². The molecular formula is C28H43N5O2. The van der Waals surface area contributed by atoms with Crippen molar-refractivity contribution in [3.63, 3.8) is 0 Å². The molecule has 7 nitrogen and oxygen atoms in total. The lowest BCUT2D eigenvalue weighted by Crippen LogP contribution is -2.44. The lowest BCUT2D eigenvalue weighted by Gasteiger charge is -2.38. The summed E-state index contributed by atoms with van der Waals surface area (Å²) in [6, 6.07) is 8.43. The van der Waals surface area contributed by atoms with E-state index < -0.39 is 0 Å². The Morgan fingerprint density at radius 2 is 2.09 bits per heavy atom. The molecule has 192 valence electrons. The highest BCUT2D eigenvalue weighted by Gasteiger charge is 2.47. The van der Waals surface area contributed by atoms with Crippen LogP contribution in [0.4, 0.5) is 0 Å². The minimum Gasteiger partial charge on any atom is -0.373 e. The third kappa shape index (κ3) is 6.85. The van der Waals surface area contributed by atoms with Crippen LogP contribution in [0.2, 0.25) is 0 Å². The van der Waals surface area contributed by atoms with Crippen LogP contribution in [0, 0.1) is 5.41 Å². The summed E-state index contributed by atoms with van der Waals surface area (Å²) >= 11 is 0. The zero-order chi connectivity index (χ0) is 25.2. The molecule has 2 fully saturated rings. The van der Waals surface area contributed by atoms with Crippen LogP contribution in [0.15, 0.2) is 36.5 Å². The molecule has 2 unspecified atom stereocenters. The molecule has 4 rings (SSSR count). The molecule has 2 aliphatic heterocycles. The first-order valence-electron chi connectivity index (χ1n) is 13.2. The average molecular weight is 482 g/mol. The number of piperidine rings is 1. The van der Waals surface area contributed by atoms with E-state index in [0.29, 0.717) is 18.9 Å². The third-order valence-electron chi connectivity index (χ3n) is 7.27. The smallest absolute Gasteiger partial charge is 0.220 e. The lowest BCUT2D eigenvalue weighted by molar-refractivity contribution is -0.122. The fourth-order valence-electron chi connectivity index (χ4n) is 5.02. The van der Waals surface area contributed by atoms with Crippen molar-refractivity contribution in [1.82, 2.24) is 25.5 Å². The average Bonchev–Trinajstić information content (AvgIpc) is 3.42. The first-order valence-corrected chi connectivity index (χ1v) is 13.2. The predicted molar refractivity (Wildman–Crippen MR) is 141 cm³/mol. The van der Waals surface area contributed by atoms with Gasteiger partial charge >= 0.3 is 0 Å². The summed E-state index contributed by atoms with van der Waals surface area (Å²) < 4.78 is 6.08. The van der Waals surface area contributed by atoms with Crippen LogP contribution in [0.25, 0.3) is 11.0 Å². The highest BCUT2D eigenvalue weighted by Crippen LogP contribution is 2.31. The summed E-state index contributed by atoms with van der Waals surface area (Å²) in [5.41, 5.74) is 3.21. The molecule has 0 radical (unpaired) electrons. The number of ether oxygens (including phenoxy) is 1. The fourth-order valence-corrected chi connectivity index (χ4v) is 5.02. The molecule has 2 aromatic rings. The normalized spacial score (nSPS) is 24.3. The van der Waals surface area contributed by atoms with Gasteiger partial charge in [-0.1, -0.05) is 39.5 Å². The Morgan fingerprint density at radius 3 is 2.80 bits per heavy atom. The highest BCUT2D eigenvalue weighted by atomic mass is 16.6. The van der Waals surface area contributed by atoms with Gasteiger partial charge in [0.15, 0.2) is 0 Å². The zero-order valence-electron chi connectivity index (χ0n) is 22.1. The number of amides is 1. The van der Waals surface area contributed by atoms with E-state index in [1.165, 1.54) is 19.3 Å². The number of hydrogen-bond donors (Lipinski definition) is 3. The predicted octanol–water partition coefficient (Wildman–Crippen LogP) is 5.03. The molecule has 5 atom stereocenters. The summed E-state index contributed by atoms with van der Waals surface area (Å²) in [6.07, 6.45) is 5.53. The van der Waals surface area contributed by atoms with E-state index in [1.807, 2.05) is 24.3 Å². The second kappa shape index (κ2) is 10.7. The van der Waals surface area contributed by atoms with Gasteiger partial charge in [-0.05, 0) is 57.1 Å². The summed E-state index contributed by atoms with van der Waals surface area (Å²) in [5.74, 6) is 0.974.